The highest BCUT2D eigenvalue weighted by Gasteiger charge is 2.12. The van der Waals surface area contributed by atoms with Crippen LogP contribution in [0.15, 0.2) is 35.5 Å². The zero-order valence-corrected chi connectivity index (χ0v) is 14.7. The van der Waals surface area contributed by atoms with Crippen LogP contribution in [0.25, 0.3) is 5.78 Å². The van der Waals surface area contributed by atoms with Gasteiger partial charge in [-0.15, -0.1) is 10.2 Å². The van der Waals surface area contributed by atoms with E-state index in [1.807, 2.05) is 55.5 Å². The van der Waals surface area contributed by atoms with Crippen LogP contribution in [0, 0.1) is 20.8 Å². The first-order valence-corrected chi connectivity index (χ1v) is 8.66. The van der Waals surface area contributed by atoms with Gasteiger partial charge < -0.3 is 5.32 Å². The molecule has 0 aliphatic carbocycles. The highest BCUT2D eigenvalue weighted by atomic mass is 32.2. The molecule has 0 aliphatic rings. The van der Waals surface area contributed by atoms with E-state index in [0.717, 1.165) is 17.0 Å². The molecule has 0 fully saturated rings. The standard InChI is InChI=1S/C17H19N5OS/c1-11-4-6-14(7-5-11)9-18-15(23)10-24-17-21-20-16-19-12(2)8-13(3)22(16)17/h4-8H,9-10H2,1-3H3,(H,18,23). The van der Waals surface area contributed by atoms with Crippen LogP contribution in [0.3, 0.4) is 0 Å². The van der Waals surface area contributed by atoms with Crippen molar-refractivity contribution in [1.82, 2.24) is 24.9 Å². The van der Waals surface area contributed by atoms with Gasteiger partial charge in [-0.1, -0.05) is 41.6 Å². The van der Waals surface area contributed by atoms with Crippen molar-refractivity contribution in [3.05, 3.63) is 52.8 Å². The van der Waals surface area contributed by atoms with Gasteiger partial charge in [-0.25, -0.2) is 4.98 Å². The molecule has 0 aliphatic heterocycles. The minimum Gasteiger partial charge on any atom is -0.351 e. The van der Waals surface area contributed by atoms with Gasteiger partial charge >= 0.3 is 0 Å². The van der Waals surface area contributed by atoms with Crippen molar-refractivity contribution in [1.29, 1.82) is 0 Å². The Kier molecular flexibility index (Phi) is 4.80. The predicted octanol–water partition coefficient (Wildman–Crippen LogP) is 2.46. The summed E-state index contributed by atoms with van der Waals surface area (Å²) in [5, 5.41) is 11.8. The molecule has 1 amide bonds. The van der Waals surface area contributed by atoms with Crippen molar-refractivity contribution in [2.24, 2.45) is 0 Å². The summed E-state index contributed by atoms with van der Waals surface area (Å²) in [7, 11) is 0. The Balaban J connectivity index is 1.59. The van der Waals surface area contributed by atoms with Crippen molar-refractivity contribution in [2.75, 3.05) is 5.75 Å². The minimum absolute atomic E-state index is 0.0324. The first-order chi connectivity index (χ1) is 11.5. The van der Waals surface area contributed by atoms with E-state index in [9.17, 15) is 4.79 Å². The van der Waals surface area contributed by atoms with Crippen LogP contribution in [0.1, 0.15) is 22.5 Å². The number of fused-ring (bicyclic) bond motifs is 1. The van der Waals surface area contributed by atoms with Crippen LogP contribution in [0.5, 0.6) is 0 Å². The fraction of sp³-hybridized carbons (Fsp3) is 0.294. The van der Waals surface area contributed by atoms with Gasteiger partial charge in [0.1, 0.15) is 0 Å². The second-order valence-corrected chi connectivity index (χ2v) is 6.65. The van der Waals surface area contributed by atoms with E-state index >= 15 is 0 Å². The van der Waals surface area contributed by atoms with Crippen molar-refractivity contribution in [3.63, 3.8) is 0 Å². The molecule has 3 rings (SSSR count). The number of benzene rings is 1. The molecule has 124 valence electrons. The molecule has 0 saturated heterocycles. The molecule has 0 unspecified atom stereocenters. The molecule has 0 atom stereocenters. The van der Waals surface area contributed by atoms with Gasteiger partial charge in [0.15, 0.2) is 5.16 Å². The zero-order valence-electron chi connectivity index (χ0n) is 13.9. The summed E-state index contributed by atoms with van der Waals surface area (Å²) in [6.07, 6.45) is 0. The molecule has 2 aromatic heterocycles. The number of carbonyl (C=O) groups is 1. The Bertz CT molecular complexity index is 873. The Labute approximate surface area is 144 Å². The molecule has 2 heterocycles. The third-order valence-electron chi connectivity index (χ3n) is 3.61. The third-order valence-corrected chi connectivity index (χ3v) is 4.53. The molecule has 24 heavy (non-hydrogen) atoms. The largest absolute Gasteiger partial charge is 0.351 e. The zero-order chi connectivity index (χ0) is 17.1. The van der Waals surface area contributed by atoms with Crippen molar-refractivity contribution in [3.8, 4) is 0 Å². The summed E-state index contributed by atoms with van der Waals surface area (Å²) >= 11 is 1.36. The first kappa shape index (κ1) is 16.4. The summed E-state index contributed by atoms with van der Waals surface area (Å²) in [4.78, 5) is 16.4. The lowest BCUT2D eigenvalue weighted by Gasteiger charge is -2.06. The number of rotatable bonds is 5. The van der Waals surface area contributed by atoms with Crippen LogP contribution < -0.4 is 5.32 Å². The molecular weight excluding hydrogens is 322 g/mol. The SMILES string of the molecule is Cc1ccc(CNC(=O)CSc2nnc3nc(C)cc(C)n23)cc1. The second-order valence-electron chi connectivity index (χ2n) is 5.71. The molecule has 1 N–H and O–H groups in total. The topological polar surface area (TPSA) is 72.2 Å². The van der Waals surface area contributed by atoms with E-state index in [1.54, 1.807) is 0 Å². The van der Waals surface area contributed by atoms with Crippen LogP contribution in [-0.2, 0) is 11.3 Å². The maximum atomic E-state index is 12.0. The second kappa shape index (κ2) is 7.00. The molecule has 3 aromatic rings. The number of hydrogen-bond donors (Lipinski definition) is 1. The summed E-state index contributed by atoms with van der Waals surface area (Å²) < 4.78 is 1.87. The molecule has 7 heteroatoms. The van der Waals surface area contributed by atoms with E-state index in [4.69, 9.17) is 0 Å². The van der Waals surface area contributed by atoms with Gasteiger partial charge in [0.05, 0.1) is 5.75 Å². The molecule has 0 bridgehead atoms. The molecule has 0 spiro atoms. The quantitative estimate of drug-likeness (QED) is 0.722. The Hall–Kier alpha value is -2.41. The summed E-state index contributed by atoms with van der Waals surface area (Å²) in [6.45, 7) is 6.47. The lowest BCUT2D eigenvalue weighted by atomic mass is 10.1. The van der Waals surface area contributed by atoms with E-state index in [2.05, 4.69) is 20.5 Å². The number of nitrogens with one attached hydrogen (secondary N) is 1. The van der Waals surface area contributed by atoms with E-state index in [1.165, 1.54) is 17.3 Å². The monoisotopic (exact) mass is 341 g/mol. The number of nitrogens with zero attached hydrogens (tertiary/aromatic N) is 4. The summed E-state index contributed by atoms with van der Waals surface area (Å²) in [5.74, 6) is 0.824. The van der Waals surface area contributed by atoms with Crippen LogP contribution in [0.4, 0.5) is 0 Å². The minimum atomic E-state index is -0.0324. The van der Waals surface area contributed by atoms with E-state index in [0.29, 0.717) is 23.2 Å². The fourth-order valence-corrected chi connectivity index (χ4v) is 3.20. The number of aryl methyl sites for hydroxylation is 3. The lowest BCUT2D eigenvalue weighted by molar-refractivity contribution is -0.118. The van der Waals surface area contributed by atoms with E-state index in [-0.39, 0.29) is 5.91 Å². The van der Waals surface area contributed by atoms with Gasteiger partial charge in [0.25, 0.3) is 5.78 Å². The van der Waals surface area contributed by atoms with Crippen molar-refractivity contribution < 1.29 is 4.79 Å². The molecule has 0 radical (unpaired) electrons. The highest BCUT2D eigenvalue weighted by Crippen LogP contribution is 2.18. The first-order valence-electron chi connectivity index (χ1n) is 7.67. The molecule has 1 aromatic carbocycles. The number of aromatic nitrogens is 4. The lowest BCUT2D eigenvalue weighted by Crippen LogP contribution is -2.24. The van der Waals surface area contributed by atoms with Crippen molar-refractivity contribution >= 4 is 23.4 Å². The van der Waals surface area contributed by atoms with Gasteiger partial charge in [0, 0.05) is 17.9 Å². The average molecular weight is 341 g/mol. The van der Waals surface area contributed by atoms with E-state index < -0.39 is 0 Å². The van der Waals surface area contributed by atoms with Crippen LogP contribution in [0.2, 0.25) is 0 Å². The van der Waals surface area contributed by atoms with Gasteiger partial charge in [-0.2, -0.15) is 0 Å². The molecule has 0 saturated carbocycles. The number of hydrogen-bond acceptors (Lipinski definition) is 5. The Morgan fingerprint density at radius 3 is 2.67 bits per heavy atom. The van der Waals surface area contributed by atoms with Gasteiger partial charge in [0.2, 0.25) is 5.91 Å². The Morgan fingerprint density at radius 1 is 1.17 bits per heavy atom. The fourth-order valence-electron chi connectivity index (χ4n) is 2.38. The highest BCUT2D eigenvalue weighted by molar-refractivity contribution is 7.99. The van der Waals surface area contributed by atoms with Gasteiger partial charge in [-0.3, -0.25) is 9.20 Å². The smallest absolute Gasteiger partial charge is 0.256 e. The molecular formula is C17H19N5OS. The predicted molar refractivity (Wildman–Crippen MR) is 94.0 cm³/mol. The van der Waals surface area contributed by atoms with Crippen molar-refractivity contribution in [2.45, 2.75) is 32.5 Å². The van der Waals surface area contributed by atoms with Crippen LogP contribution in [-0.4, -0.2) is 31.2 Å². The average Bonchev–Trinajstić information content (AvgIpc) is 2.95. The number of thioether (sulfide) groups is 1. The number of carbonyl (C=O) groups excluding carboxylic acids is 1. The Morgan fingerprint density at radius 2 is 1.92 bits per heavy atom. The van der Waals surface area contributed by atoms with Gasteiger partial charge in [-0.05, 0) is 32.4 Å². The normalized spacial score (nSPS) is 11.0. The van der Waals surface area contributed by atoms with Crippen LogP contribution >= 0.6 is 11.8 Å². The summed E-state index contributed by atoms with van der Waals surface area (Å²) in [5.41, 5.74) is 4.20. The summed E-state index contributed by atoms with van der Waals surface area (Å²) in [6, 6.07) is 10.1. The maximum Gasteiger partial charge on any atom is 0.256 e. The third kappa shape index (κ3) is 3.73. The number of amides is 1. The maximum absolute atomic E-state index is 12.0. The molecule has 6 nitrogen and oxygen atoms in total.